The smallest absolute Gasteiger partial charge is 0.123 e. The molecule has 2 aliphatic rings. The predicted octanol–water partition coefficient (Wildman–Crippen LogP) is 2.78. The standard InChI is InChI=1S/C17H22FN3/c1-12-16-5-3-15(11-20(16)9-7-19-12)21-8-6-13-10-14(18)2-4-17(13)21/h2,4,6,8,10,12,15-16,19H,3,5,7,9,11H2,1H3/t12?,15-,16+/m1/s1. The van der Waals surface area contributed by atoms with Crippen molar-refractivity contribution in [3.05, 3.63) is 36.3 Å². The summed E-state index contributed by atoms with van der Waals surface area (Å²) in [5.41, 5.74) is 1.16. The molecule has 2 saturated heterocycles. The van der Waals surface area contributed by atoms with Crippen molar-refractivity contribution in [1.82, 2.24) is 14.8 Å². The van der Waals surface area contributed by atoms with E-state index in [2.05, 4.69) is 27.9 Å². The van der Waals surface area contributed by atoms with E-state index in [0.29, 0.717) is 18.1 Å². The molecule has 3 heterocycles. The van der Waals surface area contributed by atoms with Gasteiger partial charge in [0.2, 0.25) is 0 Å². The first-order valence-electron chi connectivity index (χ1n) is 7.96. The Morgan fingerprint density at radius 1 is 1.24 bits per heavy atom. The Hall–Kier alpha value is -1.39. The highest BCUT2D eigenvalue weighted by Crippen LogP contribution is 2.31. The molecule has 1 unspecified atom stereocenters. The molecule has 3 atom stereocenters. The molecule has 0 spiro atoms. The number of piperidine rings is 1. The van der Waals surface area contributed by atoms with E-state index in [1.165, 1.54) is 12.8 Å². The van der Waals surface area contributed by atoms with E-state index in [4.69, 9.17) is 0 Å². The number of nitrogens with zero attached hydrogens (tertiary/aromatic N) is 2. The largest absolute Gasteiger partial charge is 0.343 e. The Kier molecular flexibility index (Phi) is 3.23. The monoisotopic (exact) mass is 287 g/mol. The first-order valence-corrected chi connectivity index (χ1v) is 7.96. The summed E-state index contributed by atoms with van der Waals surface area (Å²) in [6.07, 6.45) is 4.56. The number of halogens is 1. The van der Waals surface area contributed by atoms with Crippen LogP contribution in [-0.2, 0) is 0 Å². The predicted molar refractivity (Wildman–Crippen MR) is 83.0 cm³/mol. The van der Waals surface area contributed by atoms with Crippen molar-refractivity contribution >= 4 is 10.9 Å². The normalized spacial score (nSPS) is 30.5. The van der Waals surface area contributed by atoms with Gasteiger partial charge < -0.3 is 9.88 Å². The first-order chi connectivity index (χ1) is 10.2. The average Bonchev–Trinajstić information content (AvgIpc) is 2.90. The average molecular weight is 287 g/mol. The molecule has 4 heteroatoms. The van der Waals surface area contributed by atoms with Crippen LogP contribution >= 0.6 is 0 Å². The molecule has 112 valence electrons. The molecule has 0 radical (unpaired) electrons. The van der Waals surface area contributed by atoms with Crippen LogP contribution in [0.25, 0.3) is 10.9 Å². The summed E-state index contributed by atoms with van der Waals surface area (Å²) >= 11 is 0. The molecule has 1 aromatic carbocycles. The van der Waals surface area contributed by atoms with Gasteiger partial charge in [0.05, 0.1) is 0 Å². The molecular formula is C17H22FN3. The Morgan fingerprint density at radius 2 is 2.14 bits per heavy atom. The Balaban J connectivity index is 1.61. The van der Waals surface area contributed by atoms with Crippen molar-refractivity contribution in [2.75, 3.05) is 19.6 Å². The molecule has 21 heavy (non-hydrogen) atoms. The minimum absolute atomic E-state index is 0.153. The van der Waals surface area contributed by atoms with Crippen molar-refractivity contribution in [3.63, 3.8) is 0 Å². The fourth-order valence-electron chi connectivity index (χ4n) is 4.12. The number of hydrogen-bond acceptors (Lipinski definition) is 2. The second kappa shape index (κ2) is 5.11. The van der Waals surface area contributed by atoms with Crippen LogP contribution in [0.3, 0.4) is 0 Å². The lowest BCUT2D eigenvalue weighted by atomic mass is 9.91. The van der Waals surface area contributed by atoms with Crippen LogP contribution in [0, 0.1) is 5.82 Å². The molecule has 2 fully saturated rings. The highest BCUT2D eigenvalue weighted by molar-refractivity contribution is 5.80. The van der Waals surface area contributed by atoms with Gasteiger partial charge >= 0.3 is 0 Å². The van der Waals surface area contributed by atoms with E-state index in [1.807, 2.05) is 12.1 Å². The van der Waals surface area contributed by atoms with E-state index in [0.717, 1.165) is 30.5 Å². The first kappa shape index (κ1) is 13.3. The molecular weight excluding hydrogens is 265 g/mol. The van der Waals surface area contributed by atoms with Gasteiger partial charge in [0.15, 0.2) is 0 Å². The zero-order valence-electron chi connectivity index (χ0n) is 12.4. The fourth-order valence-corrected chi connectivity index (χ4v) is 4.12. The lowest BCUT2D eigenvalue weighted by molar-refractivity contribution is 0.0639. The van der Waals surface area contributed by atoms with Crippen LogP contribution in [0.2, 0.25) is 0 Å². The van der Waals surface area contributed by atoms with E-state index in [9.17, 15) is 4.39 Å². The third-order valence-electron chi connectivity index (χ3n) is 5.23. The summed E-state index contributed by atoms with van der Waals surface area (Å²) < 4.78 is 15.7. The number of nitrogens with one attached hydrogen (secondary N) is 1. The summed E-state index contributed by atoms with van der Waals surface area (Å²) in [7, 11) is 0. The van der Waals surface area contributed by atoms with Gasteiger partial charge in [0, 0.05) is 54.9 Å². The van der Waals surface area contributed by atoms with Crippen LogP contribution in [0.4, 0.5) is 4.39 Å². The van der Waals surface area contributed by atoms with Crippen LogP contribution in [0.1, 0.15) is 25.8 Å². The van der Waals surface area contributed by atoms with Gasteiger partial charge in [-0.25, -0.2) is 4.39 Å². The quantitative estimate of drug-likeness (QED) is 0.870. The summed E-state index contributed by atoms with van der Waals surface area (Å²) in [5, 5.41) is 4.58. The molecule has 1 aromatic heterocycles. The maximum Gasteiger partial charge on any atom is 0.123 e. The zero-order chi connectivity index (χ0) is 14.4. The van der Waals surface area contributed by atoms with Crippen LogP contribution in [0.15, 0.2) is 30.5 Å². The summed E-state index contributed by atoms with van der Waals surface area (Å²) in [5.74, 6) is -0.153. The highest BCUT2D eigenvalue weighted by atomic mass is 19.1. The molecule has 0 saturated carbocycles. The van der Waals surface area contributed by atoms with E-state index < -0.39 is 0 Å². The number of hydrogen-bond donors (Lipinski definition) is 1. The van der Waals surface area contributed by atoms with Gasteiger partial charge in [0.1, 0.15) is 5.82 Å². The third-order valence-corrected chi connectivity index (χ3v) is 5.23. The van der Waals surface area contributed by atoms with Crippen molar-refractivity contribution < 1.29 is 4.39 Å². The molecule has 2 aliphatic heterocycles. The maximum atomic E-state index is 13.3. The maximum absolute atomic E-state index is 13.3. The van der Waals surface area contributed by atoms with E-state index in [1.54, 1.807) is 12.1 Å². The van der Waals surface area contributed by atoms with Gasteiger partial charge in [0.25, 0.3) is 0 Å². The van der Waals surface area contributed by atoms with Crippen molar-refractivity contribution in [3.8, 4) is 0 Å². The van der Waals surface area contributed by atoms with Gasteiger partial charge in [-0.1, -0.05) is 0 Å². The van der Waals surface area contributed by atoms with Crippen LogP contribution in [-0.4, -0.2) is 41.2 Å². The second-order valence-corrected chi connectivity index (χ2v) is 6.46. The summed E-state index contributed by atoms with van der Waals surface area (Å²) in [4.78, 5) is 2.63. The SMILES string of the molecule is CC1NCCN2C[C@H](n3ccc4cc(F)ccc43)CC[C@@H]12. The van der Waals surface area contributed by atoms with Gasteiger partial charge in [-0.05, 0) is 44.0 Å². The van der Waals surface area contributed by atoms with Gasteiger partial charge in [-0.15, -0.1) is 0 Å². The number of rotatable bonds is 1. The molecule has 4 rings (SSSR count). The minimum Gasteiger partial charge on any atom is -0.343 e. The van der Waals surface area contributed by atoms with E-state index >= 15 is 0 Å². The van der Waals surface area contributed by atoms with Gasteiger partial charge in [-0.2, -0.15) is 0 Å². The Morgan fingerprint density at radius 3 is 3.05 bits per heavy atom. The lowest BCUT2D eigenvalue weighted by Gasteiger charge is -2.46. The number of fused-ring (bicyclic) bond motifs is 2. The van der Waals surface area contributed by atoms with E-state index in [-0.39, 0.29) is 5.82 Å². The van der Waals surface area contributed by atoms with Crippen molar-refractivity contribution in [2.24, 2.45) is 0 Å². The lowest BCUT2D eigenvalue weighted by Crippen LogP contribution is -2.59. The molecule has 0 aliphatic carbocycles. The van der Waals surface area contributed by atoms with Crippen molar-refractivity contribution in [1.29, 1.82) is 0 Å². The molecule has 0 bridgehead atoms. The second-order valence-electron chi connectivity index (χ2n) is 6.46. The third kappa shape index (κ3) is 2.27. The number of piperazine rings is 1. The molecule has 1 N–H and O–H groups in total. The van der Waals surface area contributed by atoms with Crippen LogP contribution < -0.4 is 5.32 Å². The molecule has 2 aromatic rings. The fraction of sp³-hybridized carbons (Fsp3) is 0.529. The summed E-state index contributed by atoms with van der Waals surface area (Å²) in [6, 6.07) is 8.92. The number of aromatic nitrogens is 1. The van der Waals surface area contributed by atoms with Crippen LogP contribution in [0.5, 0.6) is 0 Å². The topological polar surface area (TPSA) is 20.2 Å². The highest BCUT2D eigenvalue weighted by Gasteiger charge is 2.34. The van der Waals surface area contributed by atoms with Crippen molar-refractivity contribution in [2.45, 2.75) is 37.9 Å². The molecule has 0 amide bonds. The minimum atomic E-state index is -0.153. The summed E-state index contributed by atoms with van der Waals surface area (Å²) in [6.45, 7) is 5.63. The molecule has 3 nitrogen and oxygen atoms in total. The Labute approximate surface area is 124 Å². The Bertz CT molecular complexity index is 651. The zero-order valence-corrected chi connectivity index (χ0v) is 12.4. The number of benzene rings is 1. The van der Waals surface area contributed by atoms with Gasteiger partial charge in [-0.3, -0.25) is 4.90 Å².